The first-order chi connectivity index (χ1) is 9.67. The van der Waals surface area contributed by atoms with Crippen LogP contribution in [0.1, 0.15) is 21.8 Å². The average Bonchev–Trinajstić information content (AvgIpc) is 3.04. The van der Waals surface area contributed by atoms with Crippen molar-refractivity contribution in [3.8, 4) is 0 Å². The van der Waals surface area contributed by atoms with Crippen molar-refractivity contribution in [2.45, 2.75) is 13.5 Å². The number of nitrogens with zero attached hydrogens (tertiary/aromatic N) is 2. The van der Waals surface area contributed by atoms with Gasteiger partial charge in [0, 0.05) is 24.7 Å². The van der Waals surface area contributed by atoms with Gasteiger partial charge in [-0.3, -0.25) is 4.79 Å². The minimum absolute atomic E-state index is 0.213. The summed E-state index contributed by atoms with van der Waals surface area (Å²) in [4.78, 5) is 16.4. The van der Waals surface area contributed by atoms with Gasteiger partial charge in [0.25, 0.3) is 0 Å². The molecule has 2 N–H and O–H groups in total. The van der Waals surface area contributed by atoms with E-state index in [4.69, 9.17) is 10.2 Å². The zero-order valence-electron chi connectivity index (χ0n) is 11.2. The summed E-state index contributed by atoms with van der Waals surface area (Å²) < 4.78 is 7.38. The highest BCUT2D eigenvalue weighted by molar-refractivity contribution is 6.07. The molecule has 0 saturated carbocycles. The topological polar surface area (TPSA) is 74.0 Å². The molecule has 5 heteroatoms. The van der Waals surface area contributed by atoms with Crippen LogP contribution in [0.4, 0.5) is 0 Å². The number of fused-ring (bicyclic) bond motifs is 1. The lowest BCUT2D eigenvalue weighted by molar-refractivity contribution is 0.101. The zero-order valence-corrected chi connectivity index (χ0v) is 11.2. The van der Waals surface area contributed by atoms with Gasteiger partial charge < -0.3 is 14.7 Å². The average molecular weight is 269 g/mol. The number of benzene rings is 1. The molecular weight excluding hydrogens is 254 g/mol. The molecule has 0 aliphatic carbocycles. The van der Waals surface area contributed by atoms with Crippen LogP contribution in [0.15, 0.2) is 41.2 Å². The number of nitrogens with two attached hydrogens (primary N) is 1. The molecule has 0 aliphatic heterocycles. The second kappa shape index (κ2) is 4.94. The smallest absolute Gasteiger partial charge is 0.248 e. The Morgan fingerprint density at radius 1 is 1.40 bits per heavy atom. The van der Waals surface area contributed by atoms with Crippen molar-refractivity contribution < 1.29 is 9.21 Å². The van der Waals surface area contributed by atoms with Gasteiger partial charge in [-0.2, -0.15) is 0 Å². The molecule has 0 fully saturated rings. The van der Waals surface area contributed by atoms with Crippen molar-refractivity contribution in [1.82, 2.24) is 9.55 Å². The fraction of sp³-hybridized carbons (Fsp3) is 0.200. The van der Waals surface area contributed by atoms with Crippen LogP contribution in [0.3, 0.4) is 0 Å². The SMILES string of the molecule is Cc1ccc2oc(C(=O)c3cn(CCN)cn3)cc2c1. The van der Waals surface area contributed by atoms with Crippen LogP contribution in [-0.4, -0.2) is 21.9 Å². The van der Waals surface area contributed by atoms with E-state index in [-0.39, 0.29) is 5.78 Å². The molecule has 0 bridgehead atoms. The monoisotopic (exact) mass is 269 g/mol. The van der Waals surface area contributed by atoms with Gasteiger partial charge in [-0.05, 0) is 25.1 Å². The summed E-state index contributed by atoms with van der Waals surface area (Å²) >= 11 is 0. The van der Waals surface area contributed by atoms with Gasteiger partial charge >= 0.3 is 0 Å². The molecule has 3 rings (SSSR count). The molecule has 0 radical (unpaired) electrons. The predicted octanol–water partition coefficient (Wildman–Crippen LogP) is 2.13. The number of furan rings is 1. The van der Waals surface area contributed by atoms with E-state index in [0.717, 1.165) is 10.9 Å². The zero-order chi connectivity index (χ0) is 14.1. The Bertz CT molecular complexity index is 770. The molecule has 0 atom stereocenters. The quantitative estimate of drug-likeness (QED) is 0.736. The van der Waals surface area contributed by atoms with Crippen molar-refractivity contribution >= 4 is 16.8 Å². The summed E-state index contributed by atoms with van der Waals surface area (Å²) in [6.07, 6.45) is 3.29. The lowest BCUT2D eigenvalue weighted by Crippen LogP contribution is -2.08. The normalized spacial score (nSPS) is 11.1. The summed E-state index contributed by atoms with van der Waals surface area (Å²) in [6.45, 7) is 3.15. The van der Waals surface area contributed by atoms with Crippen LogP contribution < -0.4 is 5.73 Å². The molecule has 0 spiro atoms. The number of carbonyl (C=O) groups is 1. The number of imidazole rings is 1. The van der Waals surface area contributed by atoms with E-state index in [0.29, 0.717) is 30.1 Å². The van der Waals surface area contributed by atoms with E-state index in [1.54, 1.807) is 23.2 Å². The van der Waals surface area contributed by atoms with Gasteiger partial charge in [-0.15, -0.1) is 0 Å². The molecule has 0 unspecified atom stereocenters. The Morgan fingerprint density at radius 2 is 2.25 bits per heavy atom. The highest BCUT2D eigenvalue weighted by Crippen LogP contribution is 2.22. The molecule has 0 aliphatic rings. The molecule has 0 amide bonds. The molecule has 3 aromatic rings. The van der Waals surface area contributed by atoms with Gasteiger partial charge in [-0.25, -0.2) is 4.98 Å². The third-order valence-corrected chi connectivity index (χ3v) is 3.15. The predicted molar refractivity (Wildman–Crippen MR) is 75.7 cm³/mol. The maximum atomic E-state index is 12.3. The van der Waals surface area contributed by atoms with Gasteiger partial charge in [-0.1, -0.05) is 11.6 Å². The Labute approximate surface area is 116 Å². The van der Waals surface area contributed by atoms with Gasteiger partial charge in [0.15, 0.2) is 5.76 Å². The van der Waals surface area contributed by atoms with E-state index >= 15 is 0 Å². The molecular formula is C15H15N3O2. The van der Waals surface area contributed by atoms with E-state index in [2.05, 4.69) is 4.98 Å². The Hall–Kier alpha value is -2.40. The van der Waals surface area contributed by atoms with Crippen LogP contribution in [-0.2, 0) is 6.54 Å². The van der Waals surface area contributed by atoms with Gasteiger partial charge in [0.2, 0.25) is 5.78 Å². The summed E-state index contributed by atoms with van der Waals surface area (Å²) in [6, 6.07) is 7.57. The summed E-state index contributed by atoms with van der Waals surface area (Å²) in [5.41, 5.74) is 7.68. The third kappa shape index (κ3) is 2.23. The van der Waals surface area contributed by atoms with Crippen molar-refractivity contribution in [2.75, 3.05) is 6.54 Å². The number of hydrogen-bond donors (Lipinski definition) is 1. The van der Waals surface area contributed by atoms with Crippen molar-refractivity contribution in [3.63, 3.8) is 0 Å². The molecule has 0 saturated heterocycles. The second-order valence-corrected chi connectivity index (χ2v) is 4.77. The molecule has 5 nitrogen and oxygen atoms in total. The Balaban J connectivity index is 1.94. The molecule has 1 aromatic carbocycles. The largest absolute Gasteiger partial charge is 0.453 e. The van der Waals surface area contributed by atoms with Crippen LogP contribution in [0.5, 0.6) is 0 Å². The van der Waals surface area contributed by atoms with Crippen molar-refractivity contribution in [1.29, 1.82) is 0 Å². The summed E-state index contributed by atoms with van der Waals surface area (Å²) in [7, 11) is 0. The van der Waals surface area contributed by atoms with Crippen LogP contribution in [0, 0.1) is 6.92 Å². The number of aryl methyl sites for hydroxylation is 1. The molecule has 20 heavy (non-hydrogen) atoms. The highest BCUT2D eigenvalue weighted by Gasteiger charge is 2.17. The van der Waals surface area contributed by atoms with Gasteiger partial charge in [0.05, 0.1) is 6.33 Å². The number of carbonyl (C=O) groups excluding carboxylic acids is 1. The first kappa shape index (κ1) is 12.6. The number of ketones is 1. The fourth-order valence-electron chi connectivity index (χ4n) is 2.15. The maximum Gasteiger partial charge on any atom is 0.248 e. The Kier molecular flexibility index (Phi) is 3.12. The number of hydrogen-bond acceptors (Lipinski definition) is 4. The third-order valence-electron chi connectivity index (χ3n) is 3.15. The first-order valence-electron chi connectivity index (χ1n) is 6.44. The maximum absolute atomic E-state index is 12.3. The minimum Gasteiger partial charge on any atom is -0.453 e. The summed E-state index contributed by atoms with van der Waals surface area (Å²) in [5, 5.41) is 0.926. The van der Waals surface area contributed by atoms with Crippen molar-refractivity contribution in [2.24, 2.45) is 5.73 Å². The van der Waals surface area contributed by atoms with Crippen LogP contribution >= 0.6 is 0 Å². The molecule has 2 heterocycles. The van der Waals surface area contributed by atoms with Crippen molar-refractivity contribution in [3.05, 3.63) is 53.8 Å². The number of aromatic nitrogens is 2. The van der Waals surface area contributed by atoms with E-state index < -0.39 is 0 Å². The van der Waals surface area contributed by atoms with E-state index in [1.807, 2.05) is 25.1 Å². The highest BCUT2D eigenvalue weighted by atomic mass is 16.3. The van der Waals surface area contributed by atoms with Crippen LogP contribution in [0.25, 0.3) is 11.0 Å². The molecule has 102 valence electrons. The standard InChI is InChI=1S/C15H15N3O2/c1-10-2-3-13-11(6-10)7-14(20-13)15(19)12-8-18(5-4-16)9-17-12/h2-3,6-9H,4-5,16H2,1H3. The van der Waals surface area contributed by atoms with Crippen LogP contribution in [0.2, 0.25) is 0 Å². The van der Waals surface area contributed by atoms with Gasteiger partial charge in [0.1, 0.15) is 11.3 Å². The lowest BCUT2D eigenvalue weighted by atomic mass is 10.1. The number of rotatable bonds is 4. The Morgan fingerprint density at radius 3 is 3.05 bits per heavy atom. The first-order valence-corrected chi connectivity index (χ1v) is 6.44. The second-order valence-electron chi connectivity index (χ2n) is 4.77. The lowest BCUT2D eigenvalue weighted by Gasteiger charge is -1.95. The summed E-state index contributed by atoms with van der Waals surface area (Å²) in [5.74, 6) is 0.0956. The molecule has 2 aromatic heterocycles. The minimum atomic E-state index is -0.213. The fourth-order valence-corrected chi connectivity index (χ4v) is 2.15. The van der Waals surface area contributed by atoms with E-state index in [1.165, 1.54) is 0 Å². The van der Waals surface area contributed by atoms with E-state index in [9.17, 15) is 4.79 Å².